The van der Waals surface area contributed by atoms with Crippen molar-refractivity contribution in [2.24, 2.45) is 0 Å². The molecule has 0 N–H and O–H groups in total. The Hall–Kier alpha value is -1.04. The number of nitrogens with zero attached hydrogens (tertiary/aromatic N) is 3. The van der Waals surface area contributed by atoms with Gasteiger partial charge in [-0.1, -0.05) is 6.42 Å². The number of hydrogen-bond acceptors (Lipinski definition) is 5. The molecule has 2 rings (SSSR count). The minimum atomic E-state index is -0.376. The second-order valence-electron chi connectivity index (χ2n) is 4.39. The van der Waals surface area contributed by atoms with Gasteiger partial charge in [0.15, 0.2) is 0 Å². The summed E-state index contributed by atoms with van der Waals surface area (Å²) in [6, 6.07) is 0. The lowest BCUT2D eigenvalue weighted by Gasteiger charge is -2.22. The summed E-state index contributed by atoms with van der Waals surface area (Å²) in [5, 5.41) is 8.47. The van der Waals surface area contributed by atoms with E-state index in [9.17, 15) is 4.79 Å². The van der Waals surface area contributed by atoms with Crippen molar-refractivity contribution in [2.75, 3.05) is 12.4 Å². The van der Waals surface area contributed by atoms with E-state index < -0.39 is 0 Å². The predicted octanol–water partition coefficient (Wildman–Crippen LogP) is 2.05. The highest BCUT2D eigenvalue weighted by atomic mass is 32.2. The number of esters is 1. The molecular formula is C12H19N3O2S. The van der Waals surface area contributed by atoms with Crippen molar-refractivity contribution in [3.63, 3.8) is 0 Å². The van der Waals surface area contributed by atoms with Gasteiger partial charge in [-0.05, 0) is 32.4 Å². The molecule has 18 heavy (non-hydrogen) atoms. The summed E-state index contributed by atoms with van der Waals surface area (Å²) in [5.74, 6) is 1.95. The molecule has 0 amide bonds. The van der Waals surface area contributed by atoms with Gasteiger partial charge in [0.1, 0.15) is 5.82 Å². The molecule has 100 valence electrons. The quantitative estimate of drug-likeness (QED) is 0.783. The number of aryl methyl sites for hydroxylation is 1. The number of hydrogen-bond donors (Lipinski definition) is 0. The molecule has 0 bridgehead atoms. The van der Waals surface area contributed by atoms with Gasteiger partial charge in [0.05, 0.1) is 6.61 Å². The van der Waals surface area contributed by atoms with E-state index in [1.54, 1.807) is 6.92 Å². The van der Waals surface area contributed by atoms with Crippen LogP contribution in [0.2, 0.25) is 0 Å². The zero-order valence-electron chi connectivity index (χ0n) is 10.9. The minimum Gasteiger partial charge on any atom is -0.460 e. The second kappa shape index (κ2) is 6.22. The zero-order chi connectivity index (χ0) is 13.0. The maximum atomic E-state index is 11.8. The number of ether oxygens (including phenoxy) is 1. The maximum absolute atomic E-state index is 11.8. The van der Waals surface area contributed by atoms with Crippen LogP contribution in [-0.2, 0) is 11.3 Å². The van der Waals surface area contributed by atoms with Crippen LogP contribution >= 0.6 is 11.8 Å². The summed E-state index contributed by atoms with van der Waals surface area (Å²) < 4.78 is 6.89. The third-order valence-electron chi connectivity index (χ3n) is 3.05. The van der Waals surface area contributed by atoms with E-state index in [-0.39, 0.29) is 5.97 Å². The average Bonchev–Trinajstić information content (AvgIpc) is 2.73. The summed E-state index contributed by atoms with van der Waals surface area (Å²) >= 11 is 1.98. The van der Waals surface area contributed by atoms with E-state index in [0.717, 1.165) is 12.4 Å². The van der Waals surface area contributed by atoms with Crippen molar-refractivity contribution >= 4 is 17.7 Å². The SMILES string of the molecule is CCOC(=O)c1nnc(C)n1CC1CCCCS1. The molecule has 1 atom stereocenters. The van der Waals surface area contributed by atoms with Crippen LogP contribution in [0.1, 0.15) is 42.6 Å². The van der Waals surface area contributed by atoms with E-state index in [2.05, 4.69) is 10.2 Å². The Balaban J connectivity index is 2.10. The van der Waals surface area contributed by atoms with Crippen LogP contribution in [0.15, 0.2) is 0 Å². The van der Waals surface area contributed by atoms with Gasteiger partial charge >= 0.3 is 5.97 Å². The topological polar surface area (TPSA) is 57.0 Å². The van der Waals surface area contributed by atoms with Gasteiger partial charge in [-0.15, -0.1) is 10.2 Å². The molecule has 0 spiro atoms. The van der Waals surface area contributed by atoms with Gasteiger partial charge in [-0.2, -0.15) is 11.8 Å². The monoisotopic (exact) mass is 269 g/mol. The van der Waals surface area contributed by atoms with Crippen LogP contribution in [0.4, 0.5) is 0 Å². The first-order valence-electron chi connectivity index (χ1n) is 6.41. The Morgan fingerprint density at radius 1 is 1.50 bits per heavy atom. The third kappa shape index (κ3) is 3.04. The normalized spacial score (nSPS) is 19.8. The van der Waals surface area contributed by atoms with Crippen molar-refractivity contribution in [3.05, 3.63) is 11.6 Å². The fraction of sp³-hybridized carbons (Fsp3) is 0.750. The molecular weight excluding hydrogens is 250 g/mol. The van der Waals surface area contributed by atoms with Crippen LogP contribution in [0, 0.1) is 6.92 Å². The van der Waals surface area contributed by atoms with Gasteiger partial charge in [0.2, 0.25) is 5.82 Å². The van der Waals surface area contributed by atoms with E-state index in [1.807, 2.05) is 23.3 Å². The van der Waals surface area contributed by atoms with Gasteiger partial charge in [0, 0.05) is 11.8 Å². The highest BCUT2D eigenvalue weighted by Crippen LogP contribution is 2.26. The molecule has 1 saturated heterocycles. The van der Waals surface area contributed by atoms with E-state index >= 15 is 0 Å². The van der Waals surface area contributed by atoms with E-state index in [0.29, 0.717) is 17.7 Å². The van der Waals surface area contributed by atoms with Crippen molar-refractivity contribution in [1.82, 2.24) is 14.8 Å². The first kappa shape index (κ1) is 13.4. The van der Waals surface area contributed by atoms with Crippen LogP contribution < -0.4 is 0 Å². The van der Waals surface area contributed by atoms with Gasteiger partial charge < -0.3 is 9.30 Å². The smallest absolute Gasteiger partial charge is 0.376 e. The van der Waals surface area contributed by atoms with Gasteiger partial charge in [-0.25, -0.2) is 4.79 Å². The number of carbonyl (C=O) groups excluding carboxylic acids is 1. The molecule has 6 heteroatoms. The summed E-state index contributed by atoms with van der Waals surface area (Å²) in [6.45, 7) is 4.84. The van der Waals surface area contributed by atoms with E-state index in [1.165, 1.54) is 25.0 Å². The molecule has 0 radical (unpaired) electrons. The molecule has 1 aliphatic rings. The molecule has 2 heterocycles. The summed E-state index contributed by atoms with van der Waals surface area (Å²) in [5.41, 5.74) is 0. The first-order valence-corrected chi connectivity index (χ1v) is 7.45. The number of aromatic nitrogens is 3. The van der Waals surface area contributed by atoms with Crippen LogP contribution in [0.25, 0.3) is 0 Å². The molecule has 0 aliphatic carbocycles. The van der Waals surface area contributed by atoms with Crippen LogP contribution in [-0.4, -0.2) is 38.3 Å². The van der Waals surface area contributed by atoms with Crippen molar-refractivity contribution in [3.8, 4) is 0 Å². The Labute approximate surface area is 111 Å². The van der Waals surface area contributed by atoms with Crippen LogP contribution in [0.5, 0.6) is 0 Å². The van der Waals surface area contributed by atoms with Gasteiger partial charge in [0.25, 0.3) is 0 Å². The second-order valence-corrected chi connectivity index (χ2v) is 5.80. The molecule has 1 unspecified atom stereocenters. The van der Waals surface area contributed by atoms with Gasteiger partial charge in [-0.3, -0.25) is 0 Å². The highest BCUT2D eigenvalue weighted by molar-refractivity contribution is 7.99. The summed E-state index contributed by atoms with van der Waals surface area (Å²) in [4.78, 5) is 11.8. The average molecular weight is 269 g/mol. The van der Waals surface area contributed by atoms with Crippen molar-refractivity contribution in [2.45, 2.75) is 44.9 Å². The standard InChI is InChI=1S/C12H19N3O2S/c1-3-17-12(16)11-14-13-9(2)15(11)8-10-6-4-5-7-18-10/h10H,3-8H2,1-2H3. The Morgan fingerprint density at radius 2 is 2.33 bits per heavy atom. The third-order valence-corrected chi connectivity index (χ3v) is 4.43. The van der Waals surface area contributed by atoms with Crippen LogP contribution in [0.3, 0.4) is 0 Å². The number of carbonyl (C=O) groups is 1. The Bertz CT molecular complexity index is 413. The lowest BCUT2D eigenvalue weighted by atomic mass is 10.2. The van der Waals surface area contributed by atoms with E-state index in [4.69, 9.17) is 4.74 Å². The fourth-order valence-electron chi connectivity index (χ4n) is 2.10. The minimum absolute atomic E-state index is 0.334. The molecule has 1 aliphatic heterocycles. The van der Waals surface area contributed by atoms with Crippen molar-refractivity contribution < 1.29 is 9.53 Å². The summed E-state index contributed by atoms with van der Waals surface area (Å²) in [6.07, 6.45) is 3.77. The zero-order valence-corrected chi connectivity index (χ0v) is 11.7. The molecule has 0 saturated carbocycles. The highest BCUT2D eigenvalue weighted by Gasteiger charge is 2.22. The number of rotatable bonds is 4. The Kier molecular flexibility index (Phi) is 4.63. The predicted molar refractivity (Wildman–Crippen MR) is 70.8 cm³/mol. The number of thioether (sulfide) groups is 1. The molecule has 0 aromatic carbocycles. The van der Waals surface area contributed by atoms with Crippen molar-refractivity contribution in [1.29, 1.82) is 0 Å². The lowest BCUT2D eigenvalue weighted by molar-refractivity contribution is 0.0505. The molecule has 5 nitrogen and oxygen atoms in total. The molecule has 1 aromatic rings. The fourth-order valence-corrected chi connectivity index (χ4v) is 3.39. The molecule has 1 aromatic heterocycles. The maximum Gasteiger partial charge on any atom is 0.376 e. The lowest BCUT2D eigenvalue weighted by Crippen LogP contribution is -2.22. The largest absolute Gasteiger partial charge is 0.460 e. The molecule has 1 fully saturated rings. The summed E-state index contributed by atoms with van der Waals surface area (Å²) in [7, 11) is 0. The Morgan fingerprint density at radius 3 is 3.00 bits per heavy atom. The first-order chi connectivity index (χ1) is 8.72.